The highest BCUT2D eigenvalue weighted by Gasteiger charge is 2.19. The van der Waals surface area contributed by atoms with Crippen molar-refractivity contribution in [1.29, 1.82) is 0 Å². The number of piperidine rings is 1. The number of nitrogens with zero attached hydrogens (tertiary/aromatic N) is 2. The number of hydrogen-bond acceptors (Lipinski definition) is 3. The Kier molecular flexibility index (Phi) is 5.24. The Morgan fingerprint density at radius 3 is 2.65 bits per heavy atom. The van der Waals surface area contributed by atoms with Crippen molar-refractivity contribution in [3.63, 3.8) is 0 Å². The minimum Gasteiger partial charge on any atom is -0.389 e. The third-order valence-corrected chi connectivity index (χ3v) is 4.55. The summed E-state index contributed by atoms with van der Waals surface area (Å²) >= 11 is 11.3. The van der Waals surface area contributed by atoms with Crippen LogP contribution in [0.5, 0.6) is 0 Å². The summed E-state index contributed by atoms with van der Waals surface area (Å²) < 4.78 is 0. The maximum atomic E-state index is 6.34. The van der Waals surface area contributed by atoms with Gasteiger partial charge in [0.1, 0.15) is 4.99 Å². The van der Waals surface area contributed by atoms with Gasteiger partial charge >= 0.3 is 0 Å². The van der Waals surface area contributed by atoms with Crippen LogP contribution in [0.3, 0.4) is 0 Å². The van der Waals surface area contributed by atoms with Gasteiger partial charge in [-0.05, 0) is 57.1 Å². The normalized spacial score (nSPS) is 17.1. The van der Waals surface area contributed by atoms with Crippen molar-refractivity contribution < 1.29 is 0 Å². The van der Waals surface area contributed by atoms with E-state index in [2.05, 4.69) is 23.9 Å². The molecule has 0 amide bonds. The highest BCUT2D eigenvalue weighted by Crippen LogP contribution is 2.28. The van der Waals surface area contributed by atoms with E-state index >= 15 is 0 Å². The number of likely N-dealkylation sites (tertiary alicyclic amines) is 1. The Hall–Kier alpha value is -0.840. The van der Waals surface area contributed by atoms with Crippen LogP contribution in [-0.4, -0.2) is 43.6 Å². The molecule has 3 nitrogen and oxygen atoms in total. The molecule has 1 aromatic carbocycles. The first kappa shape index (κ1) is 15.5. The largest absolute Gasteiger partial charge is 0.389 e. The third-order valence-electron chi connectivity index (χ3n) is 4.01. The Balaban J connectivity index is 2.02. The van der Waals surface area contributed by atoms with Gasteiger partial charge in [0.15, 0.2) is 0 Å². The molecule has 1 aliphatic heterocycles. The Morgan fingerprint density at radius 2 is 2.10 bits per heavy atom. The minimum absolute atomic E-state index is 0.386. The van der Waals surface area contributed by atoms with Crippen LogP contribution < -0.4 is 10.6 Å². The predicted octanol–water partition coefficient (Wildman–Crippen LogP) is 2.75. The summed E-state index contributed by atoms with van der Waals surface area (Å²) in [4.78, 5) is 5.01. The van der Waals surface area contributed by atoms with Gasteiger partial charge in [0.05, 0.1) is 10.7 Å². The quantitative estimate of drug-likeness (QED) is 0.867. The maximum absolute atomic E-state index is 6.34. The van der Waals surface area contributed by atoms with E-state index in [0.29, 0.717) is 10.0 Å². The van der Waals surface area contributed by atoms with Crippen LogP contribution in [0.25, 0.3) is 0 Å². The number of anilines is 1. The van der Waals surface area contributed by atoms with Gasteiger partial charge in [-0.15, -0.1) is 0 Å². The van der Waals surface area contributed by atoms with Crippen molar-refractivity contribution >= 4 is 34.5 Å². The van der Waals surface area contributed by atoms with Gasteiger partial charge in [0.2, 0.25) is 0 Å². The van der Waals surface area contributed by atoms with Gasteiger partial charge in [0, 0.05) is 19.2 Å². The van der Waals surface area contributed by atoms with Gasteiger partial charge in [-0.1, -0.05) is 23.8 Å². The summed E-state index contributed by atoms with van der Waals surface area (Å²) in [5.74, 6) is 0.738. The van der Waals surface area contributed by atoms with Crippen molar-refractivity contribution in [3.8, 4) is 0 Å². The van der Waals surface area contributed by atoms with E-state index < -0.39 is 0 Å². The molecule has 1 heterocycles. The van der Waals surface area contributed by atoms with Crippen LogP contribution in [-0.2, 0) is 0 Å². The second-order valence-corrected chi connectivity index (χ2v) is 6.50. The van der Waals surface area contributed by atoms with Crippen LogP contribution in [0.1, 0.15) is 18.4 Å². The van der Waals surface area contributed by atoms with Crippen LogP contribution in [0.2, 0.25) is 5.02 Å². The highest BCUT2D eigenvalue weighted by atomic mass is 35.5. The molecule has 1 aromatic rings. The van der Waals surface area contributed by atoms with Gasteiger partial charge in [0.25, 0.3) is 0 Å². The molecule has 1 aliphatic rings. The first-order chi connectivity index (χ1) is 9.47. The summed E-state index contributed by atoms with van der Waals surface area (Å²) in [6, 6.07) is 5.80. The highest BCUT2D eigenvalue weighted by molar-refractivity contribution is 7.80. The number of rotatable bonds is 4. The molecule has 5 heteroatoms. The fourth-order valence-electron chi connectivity index (χ4n) is 2.70. The van der Waals surface area contributed by atoms with E-state index in [9.17, 15) is 0 Å². The Bertz CT molecular complexity index is 484. The van der Waals surface area contributed by atoms with Crippen molar-refractivity contribution in [1.82, 2.24) is 4.90 Å². The lowest BCUT2D eigenvalue weighted by molar-refractivity contribution is 0.222. The number of nitrogens with two attached hydrogens (primary N) is 1. The Morgan fingerprint density at radius 1 is 1.45 bits per heavy atom. The van der Waals surface area contributed by atoms with Crippen molar-refractivity contribution in [2.24, 2.45) is 11.7 Å². The lowest BCUT2D eigenvalue weighted by Gasteiger charge is -2.32. The molecular weight excluding hydrogens is 290 g/mol. The SMILES string of the molecule is CN1CCC(CN(C)c2ccc(C(N)=S)cc2Cl)CC1. The monoisotopic (exact) mass is 311 g/mol. The fourth-order valence-corrected chi connectivity index (χ4v) is 3.15. The van der Waals surface area contributed by atoms with Crippen molar-refractivity contribution in [2.75, 3.05) is 38.6 Å². The predicted molar refractivity (Wildman–Crippen MR) is 90.8 cm³/mol. The molecule has 0 atom stereocenters. The van der Waals surface area contributed by atoms with Crippen LogP contribution in [0.15, 0.2) is 18.2 Å². The topological polar surface area (TPSA) is 32.5 Å². The second kappa shape index (κ2) is 6.74. The lowest BCUT2D eigenvalue weighted by Crippen LogP contribution is -2.35. The molecule has 0 spiro atoms. The lowest BCUT2D eigenvalue weighted by atomic mass is 9.96. The van der Waals surface area contributed by atoms with E-state index in [1.807, 2.05) is 18.2 Å². The van der Waals surface area contributed by atoms with Gasteiger partial charge in [-0.2, -0.15) is 0 Å². The molecule has 1 fully saturated rings. The zero-order chi connectivity index (χ0) is 14.7. The van der Waals surface area contributed by atoms with Gasteiger partial charge < -0.3 is 15.5 Å². The Labute approximate surface area is 131 Å². The number of hydrogen-bond donors (Lipinski definition) is 1. The first-order valence-corrected chi connectivity index (χ1v) is 7.75. The average molecular weight is 312 g/mol. The van der Waals surface area contributed by atoms with Gasteiger partial charge in [-0.3, -0.25) is 0 Å². The molecule has 0 unspecified atom stereocenters. The smallest absolute Gasteiger partial charge is 0.104 e. The minimum atomic E-state index is 0.386. The summed E-state index contributed by atoms with van der Waals surface area (Å²) in [5.41, 5.74) is 7.49. The second-order valence-electron chi connectivity index (χ2n) is 5.66. The molecule has 0 bridgehead atoms. The number of halogens is 1. The van der Waals surface area contributed by atoms with Crippen LogP contribution in [0, 0.1) is 5.92 Å². The standard InChI is InChI=1S/C15H22ClN3S/c1-18-7-5-11(6-8-18)10-19(2)14-4-3-12(15(17)20)9-13(14)16/h3-4,9,11H,5-8,10H2,1-2H3,(H2,17,20). The third kappa shape index (κ3) is 3.84. The molecule has 1 saturated heterocycles. The molecule has 0 aliphatic carbocycles. The summed E-state index contributed by atoms with van der Waals surface area (Å²) in [7, 11) is 4.28. The molecule has 2 rings (SSSR count). The molecule has 2 N–H and O–H groups in total. The molecule has 110 valence electrons. The van der Waals surface area contributed by atoms with E-state index in [1.165, 1.54) is 25.9 Å². The van der Waals surface area contributed by atoms with E-state index in [-0.39, 0.29) is 0 Å². The molecule has 0 radical (unpaired) electrons. The average Bonchev–Trinajstić information content (AvgIpc) is 2.41. The number of benzene rings is 1. The van der Waals surface area contributed by atoms with Crippen molar-refractivity contribution in [3.05, 3.63) is 28.8 Å². The fraction of sp³-hybridized carbons (Fsp3) is 0.533. The number of thiocarbonyl (C=S) groups is 1. The zero-order valence-corrected chi connectivity index (χ0v) is 13.7. The molecule has 0 saturated carbocycles. The first-order valence-electron chi connectivity index (χ1n) is 6.96. The summed E-state index contributed by atoms with van der Waals surface area (Å²) in [6.45, 7) is 3.42. The molecule has 20 heavy (non-hydrogen) atoms. The van der Waals surface area contributed by atoms with Crippen LogP contribution >= 0.6 is 23.8 Å². The maximum Gasteiger partial charge on any atom is 0.104 e. The summed E-state index contributed by atoms with van der Waals surface area (Å²) in [5, 5.41) is 0.714. The van der Waals surface area contributed by atoms with Crippen LogP contribution in [0.4, 0.5) is 5.69 Å². The van der Waals surface area contributed by atoms with E-state index in [1.54, 1.807) is 0 Å². The molecule has 0 aromatic heterocycles. The van der Waals surface area contributed by atoms with Gasteiger partial charge in [-0.25, -0.2) is 0 Å². The zero-order valence-electron chi connectivity index (χ0n) is 12.1. The summed E-state index contributed by atoms with van der Waals surface area (Å²) in [6.07, 6.45) is 2.51. The van der Waals surface area contributed by atoms with E-state index in [0.717, 1.165) is 23.7 Å². The van der Waals surface area contributed by atoms with E-state index in [4.69, 9.17) is 29.6 Å². The molecular formula is C15H22ClN3S. The van der Waals surface area contributed by atoms with Crippen molar-refractivity contribution in [2.45, 2.75) is 12.8 Å².